The smallest absolute Gasteiger partial charge is 0.303 e. The molecular formula is C28H36N2O4S. The number of aliphatic carboxylic acids is 1. The second-order valence-electron chi connectivity index (χ2n) is 9.60. The number of nitrogens with zero attached hydrogens (tertiary/aromatic N) is 2. The van der Waals surface area contributed by atoms with E-state index in [1.165, 1.54) is 4.88 Å². The van der Waals surface area contributed by atoms with E-state index in [4.69, 9.17) is 4.74 Å². The third-order valence-electron chi connectivity index (χ3n) is 7.33. The summed E-state index contributed by atoms with van der Waals surface area (Å²) in [5.74, 6) is 0.804. The number of rotatable bonds is 12. The number of ether oxygens (including phenoxy) is 1. The number of fused-ring (bicyclic) bond motifs is 1. The summed E-state index contributed by atoms with van der Waals surface area (Å²) < 4.78 is 5.37. The number of carboxylic acid groups (broad SMARTS) is 1. The maximum absolute atomic E-state index is 11.3. The van der Waals surface area contributed by atoms with Crippen LogP contribution >= 0.6 is 11.3 Å². The number of methoxy groups -OCH3 is 1. The lowest BCUT2D eigenvalue weighted by molar-refractivity contribution is -0.137. The van der Waals surface area contributed by atoms with Crippen molar-refractivity contribution >= 4 is 28.2 Å². The van der Waals surface area contributed by atoms with E-state index in [2.05, 4.69) is 27.4 Å². The number of piperidine rings is 1. The molecule has 0 amide bonds. The van der Waals surface area contributed by atoms with Gasteiger partial charge < -0.3 is 19.8 Å². The van der Waals surface area contributed by atoms with Crippen molar-refractivity contribution in [3.8, 4) is 5.75 Å². The van der Waals surface area contributed by atoms with Crippen LogP contribution in [0, 0.1) is 11.8 Å². The fourth-order valence-electron chi connectivity index (χ4n) is 5.40. The van der Waals surface area contributed by atoms with E-state index < -0.39 is 12.1 Å². The fraction of sp³-hybridized carbons (Fsp3) is 0.500. The lowest BCUT2D eigenvalue weighted by Gasteiger charge is -2.39. The molecule has 1 aliphatic heterocycles. The second kappa shape index (κ2) is 12.5. The van der Waals surface area contributed by atoms with Crippen molar-refractivity contribution in [2.45, 2.75) is 51.0 Å². The van der Waals surface area contributed by atoms with E-state index in [0.29, 0.717) is 24.7 Å². The molecule has 2 N–H and O–H groups in total. The molecule has 0 saturated carbocycles. The summed E-state index contributed by atoms with van der Waals surface area (Å²) in [7, 11) is 1.64. The average Bonchev–Trinajstić information content (AvgIpc) is 3.39. The van der Waals surface area contributed by atoms with Gasteiger partial charge in [0, 0.05) is 29.4 Å². The Labute approximate surface area is 211 Å². The van der Waals surface area contributed by atoms with E-state index in [1.54, 1.807) is 13.3 Å². The Bertz CT molecular complexity index is 1090. The molecule has 1 unspecified atom stereocenters. The van der Waals surface area contributed by atoms with E-state index in [-0.39, 0.29) is 6.42 Å². The molecule has 3 aromatic rings. The normalized spacial score (nSPS) is 19.6. The van der Waals surface area contributed by atoms with Gasteiger partial charge in [0.15, 0.2) is 0 Å². The van der Waals surface area contributed by atoms with E-state index in [1.807, 2.05) is 35.6 Å². The minimum atomic E-state index is -0.726. The number of aliphatic hydroxyl groups is 1. The Hall–Kier alpha value is -2.48. The standard InChI is InChI=1S/C28H36N2O4S/c1-34-22-8-9-26-25(18-22)24(12-14-29-26)27(31)10-6-20-13-16-30(19-21(20)7-11-28(32)33)15-2-4-23-5-3-17-35-23/h3,5,8-9,12,14,17-18,20-21,27,31H,2,4,6-7,10-11,13,15-16,19H2,1H3,(H,32,33)/t20-,21+,27?/m1/s1. The van der Waals surface area contributed by atoms with Gasteiger partial charge in [0.2, 0.25) is 0 Å². The quantitative estimate of drug-likeness (QED) is 0.342. The molecular weight excluding hydrogens is 460 g/mol. The maximum atomic E-state index is 11.3. The van der Waals surface area contributed by atoms with E-state index >= 15 is 0 Å². The number of aromatic nitrogens is 1. The van der Waals surface area contributed by atoms with Crippen LogP contribution in [0.15, 0.2) is 48.0 Å². The number of thiophene rings is 1. The molecule has 1 aromatic carbocycles. The zero-order chi connectivity index (χ0) is 24.6. The highest BCUT2D eigenvalue weighted by Crippen LogP contribution is 2.35. The number of carbonyl (C=O) groups is 1. The van der Waals surface area contributed by atoms with Gasteiger partial charge in [-0.15, -0.1) is 11.3 Å². The first-order valence-corrected chi connectivity index (χ1v) is 13.5. The lowest BCUT2D eigenvalue weighted by Crippen LogP contribution is -2.41. The summed E-state index contributed by atoms with van der Waals surface area (Å²) in [4.78, 5) is 19.7. The Balaban J connectivity index is 1.36. The van der Waals surface area contributed by atoms with Crippen LogP contribution in [0.25, 0.3) is 10.9 Å². The Morgan fingerprint density at radius 2 is 2.14 bits per heavy atom. The SMILES string of the molecule is COc1ccc2nccc(C(O)CC[C@@H]3CCN(CCCc4cccs4)C[C@@H]3CCC(=O)O)c2c1. The first kappa shape index (κ1) is 25.6. The number of carboxylic acids is 1. The fourth-order valence-corrected chi connectivity index (χ4v) is 6.15. The molecule has 188 valence electrons. The third-order valence-corrected chi connectivity index (χ3v) is 8.27. The minimum absolute atomic E-state index is 0.210. The number of aryl methyl sites for hydroxylation is 1. The van der Waals surface area contributed by atoms with E-state index in [9.17, 15) is 15.0 Å². The van der Waals surface area contributed by atoms with Gasteiger partial charge in [-0.3, -0.25) is 9.78 Å². The molecule has 0 aliphatic carbocycles. The Morgan fingerprint density at radius 1 is 1.26 bits per heavy atom. The number of likely N-dealkylation sites (tertiary alicyclic amines) is 1. The van der Waals surface area contributed by atoms with Gasteiger partial charge in [-0.1, -0.05) is 6.07 Å². The molecule has 1 fully saturated rings. The highest BCUT2D eigenvalue weighted by molar-refractivity contribution is 7.09. The van der Waals surface area contributed by atoms with Crippen LogP contribution in [0.1, 0.15) is 55.1 Å². The monoisotopic (exact) mass is 496 g/mol. The molecule has 0 radical (unpaired) electrons. The van der Waals surface area contributed by atoms with Crippen molar-refractivity contribution in [1.82, 2.24) is 9.88 Å². The van der Waals surface area contributed by atoms with Crippen molar-refractivity contribution in [2.24, 2.45) is 11.8 Å². The minimum Gasteiger partial charge on any atom is -0.497 e. The summed E-state index contributed by atoms with van der Waals surface area (Å²) in [5.41, 5.74) is 1.72. The molecule has 6 nitrogen and oxygen atoms in total. The zero-order valence-corrected chi connectivity index (χ0v) is 21.3. The summed E-state index contributed by atoms with van der Waals surface area (Å²) >= 11 is 1.81. The Morgan fingerprint density at radius 3 is 2.91 bits per heavy atom. The van der Waals surface area contributed by atoms with Crippen LogP contribution < -0.4 is 4.74 Å². The molecule has 0 spiro atoms. The zero-order valence-electron chi connectivity index (χ0n) is 20.4. The van der Waals surface area contributed by atoms with Crippen LogP contribution in [0.3, 0.4) is 0 Å². The van der Waals surface area contributed by atoms with Crippen LogP contribution in [-0.4, -0.2) is 52.8 Å². The average molecular weight is 497 g/mol. The van der Waals surface area contributed by atoms with E-state index in [0.717, 1.165) is 67.5 Å². The molecule has 35 heavy (non-hydrogen) atoms. The van der Waals surface area contributed by atoms with Crippen LogP contribution in [-0.2, 0) is 11.2 Å². The van der Waals surface area contributed by atoms with Crippen LogP contribution in [0.4, 0.5) is 0 Å². The summed E-state index contributed by atoms with van der Waals surface area (Å²) in [5, 5.41) is 23.4. The maximum Gasteiger partial charge on any atom is 0.303 e. The molecule has 4 rings (SSSR count). The van der Waals surface area contributed by atoms with Gasteiger partial charge in [-0.2, -0.15) is 0 Å². The highest BCUT2D eigenvalue weighted by atomic mass is 32.1. The van der Waals surface area contributed by atoms with Gasteiger partial charge in [0.25, 0.3) is 0 Å². The largest absolute Gasteiger partial charge is 0.497 e. The number of pyridine rings is 1. The van der Waals surface area contributed by atoms with Crippen molar-refractivity contribution in [2.75, 3.05) is 26.7 Å². The molecule has 3 heterocycles. The summed E-state index contributed by atoms with van der Waals surface area (Å²) in [6.45, 7) is 3.06. The molecule has 7 heteroatoms. The number of benzene rings is 1. The second-order valence-corrected chi connectivity index (χ2v) is 10.6. The molecule has 1 aliphatic rings. The number of hydrogen-bond donors (Lipinski definition) is 2. The van der Waals surface area contributed by atoms with Crippen LogP contribution in [0.5, 0.6) is 5.75 Å². The summed E-state index contributed by atoms with van der Waals surface area (Å²) in [6, 6.07) is 11.9. The lowest BCUT2D eigenvalue weighted by atomic mass is 9.79. The third kappa shape index (κ3) is 7.03. The van der Waals surface area contributed by atoms with Crippen molar-refractivity contribution in [3.63, 3.8) is 0 Å². The van der Waals surface area contributed by atoms with Crippen molar-refractivity contribution in [1.29, 1.82) is 0 Å². The van der Waals surface area contributed by atoms with Crippen molar-refractivity contribution in [3.05, 3.63) is 58.4 Å². The molecule has 0 bridgehead atoms. The van der Waals surface area contributed by atoms with Gasteiger partial charge in [-0.05, 0) is 105 Å². The first-order chi connectivity index (χ1) is 17.0. The predicted molar refractivity (Wildman–Crippen MR) is 140 cm³/mol. The van der Waals surface area contributed by atoms with Crippen LogP contribution in [0.2, 0.25) is 0 Å². The molecule has 2 aromatic heterocycles. The van der Waals surface area contributed by atoms with Gasteiger partial charge >= 0.3 is 5.97 Å². The first-order valence-electron chi connectivity index (χ1n) is 12.6. The van der Waals surface area contributed by atoms with Gasteiger partial charge in [0.1, 0.15) is 5.75 Å². The number of hydrogen-bond acceptors (Lipinski definition) is 6. The topological polar surface area (TPSA) is 82.9 Å². The molecule has 3 atom stereocenters. The predicted octanol–water partition coefficient (Wildman–Crippen LogP) is 5.55. The Kier molecular flexibility index (Phi) is 9.12. The summed E-state index contributed by atoms with van der Waals surface area (Å²) in [6.07, 6.45) is 6.91. The van der Waals surface area contributed by atoms with Gasteiger partial charge in [0.05, 0.1) is 18.7 Å². The van der Waals surface area contributed by atoms with Crippen molar-refractivity contribution < 1.29 is 19.7 Å². The number of aliphatic hydroxyl groups excluding tert-OH is 1. The van der Waals surface area contributed by atoms with Gasteiger partial charge in [-0.25, -0.2) is 0 Å². The molecule has 1 saturated heterocycles. The highest BCUT2D eigenvalue weighted by Gasteiger charge is 2.30.